The van der Waals surface area contributed by atoms with Gasteiger partial charge in [0.05, 0.1) is 11.7 Å². The number of para-hydroxylation sites is 1. The van der Waals surface area contributed by atoms with Gasteiger partial charge in [-0.25, -0.2) is 0 Å². The van der Waals surface area contributed by atoms with Crippen LogP contribution in [-0.4, -0.2) is 30.3 Å². The molecule has 0 bridgehead atoms. The van der Waals surface area contributed by atoms with Crippen LogP contribution in [0.2, 0.25) is 0 Å². The average molecular weight is 235 g/mol. The number of aromatic hydroxyl groups is 1. The molecule has 1 aromatic rings. The number of ether oxygens (including phenoxy) is 1. The third kappa shape index (κ3) is 2.42. The van der Waals surface area contributed by atoms with E-state index in [2.05, 4.69) is 5.32 Å². The maximum atomic E-state index is 11.9. The van der Waals surface area contributed by atoms with Gasteiger partial charge in [0, 0.05) is 13.2 Å². The molecular formula is C13H17NO3. The third-order valence-corrected chi connectivity index (χ3v) is 3.25. The largest absolute Gasteiger partial charge is 0.507 e. The Kier molecular flexibility index (Phi) is 3.33. The first-order chi connectivity index (χ1) is 8.11. The fraction of sp³-hybridized carbons (Fsp3) is 0.462. The van der Waals surface area contributed by atoms with E-state index in [9.17, 15) is 9.90 Å². The monoisotopic (exact) mass is 235 g/mol. The maximum absolute atomic E-state index is 11.9. The van der Waals surface area contributed by atoms with E-state index in [1.54, 1.807) is 32.2 Å². The van der Waals surface area contributed by atoms with Crippen LogP contribution in [0.3, 0.4) is 0 Å². The van der Waals surface area contributed by atoms with Gasteiger partial charge in [-0.15, -0.1) is 0 Å². The van der Waals surface area contributed by atoms with E-state index in [1.807, 2.05) is 0 Å². The van der Waals surface area contributed by atoms with E-state index in [4.69, 9.17) is 4.74 Å². The number of hydrogen-bond donors (Lipinski definition) is 2. The van der Waals surface area contributed by atoms with Crippen molar-refractivity contribution in [2.24, 2.45) is 0 Å². The van der Waals surface area contributed by atoms with Gasteiger partial charge in [0.25, 0.3) is 5.91 Å². The lowest BCUT2D eigenvalue weighted by molar-refractivity contribution is 0.0176. The number of carbonyl (C=O) groups is 1. The Bertz CT molecular complexity index is 425. The minimum Gasteiger partial charge on any atom is -0.507 e. The first kappa shape index (κ1) is 11.9. The first-order valence-electron chi connectivity index (χ1n) is 5.74. The normalized spacial score (nSPS) is 22.9. The standard InChI is InChI=1S/C13H17NO3/c1-8-4-3-5-11(12(8)15)13(16)14-9-6-10(7-9)17-2/h3-5,9-10,15H,6-7H2,1-2H3,(H,14,16). The second-order valence-corrected chi connectivity index (χ2v) is 4.47. The molecule has 1 aromatic carbocycles. The summed E-state index contributed by atoms with van der Waals surface area (Å²) in [5.74, 6) is -0.154. The summed E-state index contributed by atoms with van der Waals surface area (Å²) in [6.07, 6.45) is 1.94. The molecule has 4 heteroatoms. The van der Waals surface area contributed by atoms with Crippen molar-refractivity contribution < 1.29 is 14.6 Å². The van der Waals surface area contributed by atoms with E-state index in [1.165, 1.54) is 0 Å². The molecule has 0 unspecified atom stereocenters. The number of hydrogen-bond acceptors (Lipinski definition) is 3. The van der Waals surface area contributed by atoms with Crippen molar-refractivity contribution in [3.8, 4) is 5.75 Å². The Balaban J connectivity index is 1.99. The van der Waals surface area contributed by atoms with Crippen LogP contribution in [0.5, 0.6) is 5.75 Å². The number of phenols is 1. The highest BCUT2D eigenvalue weighted by Crippen LogP contribution is 2.25. The highest BCUT2D eigenvalue weighted by atomic mass is 16.5. The maximum Gasteiger partial charge on any atom is 0.255 e. The molecule has 0 heterocycles. The van der Waals surface area contributed by atoms with Crippen LogP contribution in [0, 0.1) is 6.92 Å². The number of aryl methyl sites for hydroxylation is 1. The van der Waals surface area contributed by atoms with E-state index in [0.29, 0.717) is 11.1 Å². The zero-order valence-electron chi connectivity index (χ0n) is 10.1. The van der Waals surface area contributed by atoms with E-state index >= 15 is 0 Å². The van der Waals surface area contributed by atoms with Crippen molar-refractivity contribution in [1.82, 2.24) is 5.32 Å². The molecule has 0 radical (unpaired) electrons. The summed E-state index contributed by atoms with van der Waals surface area (Å²) in [4.78, 5) is 11.9. The second-order valence-electron chi connectivity index (χ2n) is 4.47. The number of amides is 1. The van der Waals surface area contributed by atoms with Crippen molar-refractivity contribution in [2.75, 3.05) is 7.11 Å². The second kappa shape index (κ2) is 4.75. The van der Waals surface area contributed by atoms with Gasteiger partial charge >= 0.3 is 0 Å². The van der Waals surface area contributed by atoms with E-state index < -0.39 is 0 Å². The van der Waals surface area contributed by atoms with Crippen molar-refractivity contribution in [1.29, 1.82) is 0 Å². The Morgan fingerprint density at radius 3 is 2.82 bits per heavy atom. The fourth-order valence-electron chi connectivity index (χ4n) is 1.98. The first-order valence-corrected chi connectivity index (χ1v) is 5.74. The molecule has 0 spiro atoms. The van der Waals surface area contributed by atoms with Gasteiger partial charge in [-0.1, -0.05) is 12.1 Å². The molecule has 0 aliphatic heterocycles. The molecule has 0 atom stereocenters. The van der Waals surface area contributed by atoms with Gasteiger partial charge in [-0.05, 0) is 31.4 Å². The summed E-state index contributed by atoms with van der Waals surface area (Å²) in [5.41, 5.74) is 1.05. The summed E-state index contributed by atoms with van der Waals surface area (Å²) >= 11 is 0. The van der Waals surface area contributed by atoms with Crippen molar-refractivity contribution in [3.05, 3.63) is 29.3 Å². The lowest BCUT2D eigenvalue weighted by atomic mass is 9.89. The highest BCUT2D eigenvalue weighted by molar-refractivity contribution is 5.97. The van der Waals surface area contributed by atoms with E-state index in [-0.39, 0.29) is 23.8 Å². The molecule has 92 valence electrons. The molecule has 1 saturated carbocycles. The molecule has 1 fully saturated rings. The molecule has 2 N–H and O–H groups in total. The molecule has 1 aliphatic carbocycles. The lowest BCUT2D eigenvalue weighted by Gasteiger charge is -2.34. The van der Waals surface area contributed by atoms with Crippen LogP contribution in [0.25, 0.3) is 0 Å². The van der Waals surface area contributed by atoms with Gasteiger partial charge in [-0.2, -0.15) is 0 Å². The summed E-state index contributed by atoms with van der Waals surface area (Å²) in [6.45, 7) is 1.77. The van der Waals surface area contributed by atoms with Crippen LogP contribution >= 0.6 is 0 Å². The smallest absolute Gasteiger partial charge is 0.255 e. The molecule has 17 heavy (non-hydrogen) atoms. The number of phenolic OH excluding ortho intramolecular Hbond substituents is 1. The predicted octanol–water partition coefficient (Wildman–Crippen LogP) is 1.61. The number of methoxy groups -OCH3 is 1. The molecule has 1 amide bonds. The molecule has 4 nitrogen and oxygen atoms in total. The lowest BCUT2D eigenvalue weighted by Crippen LogP contribution is -2.47. The predicted molar refractivity (Wildman–Crippen MR) is 64.1 cm³/mol. The quantitative estimate of drug-likeness (QED) is 0.836. The minimum absolute atomic E-state index is 0.0626. The Hall–Kier alpha value is -1.55. The van der Waals surface area contributed by atoms with Gasteiger partial charge < -0.3 is 15.2 Å². The van der Waals surface area contributed by atoms with Crippen LogP contribution < -0.4 is 5.32 Å². The van der Waals surface area contributed by atoms with Crippen LogP contribution in [0.4, 0.5) is 0 Å². The minimum atomic E-state index is -0.217. The van der Waals surface area contributed by atoms with Crippen LogP contribution in [-0.2, 0) is 4.74 Å². The van der Waals surface area contributed by atoms with Crippen LogP contribution in [0.1, 0.15) is 28.8 Å². The zero-order valence-corrected chi connectivity index (χ0v) is 10.1. The average Bonchev–Trinajstić information content (AvgIpc) is 2.26. The Morgan fingerprint density at radius 1 is 1.47 bits per heavy atom. The number of nitrogens with one attached hydrogen (secondary N) is 1. The summed E-state index contributed by atoms with van der Waals surface area (Å²) in [6, 6.07) is 5.33. The number of carbonyl (C=O) groups excluding carboxylic acids is 1. The van der Waals surface area contributed by atoms with Crippen molar-refractivity contribution in [2.45, 2.75) is 31.9 Å². The van der Waals surface area contributed by atoms with Crippen molar-refractivity contribution >= 4 is 5.91 Å². The number of benzene rings is 1. The third-order valence-electron chi connectivity index (χ3n) is 3.25. The van der Waals surface area contributed by atoms with Gasteiger partial charge in [0.2, 0.25) is 0 Å². The van der Waals surface area contributed by atoms with Gasteiger partial charge in [-0.3, -0.25) is 4.79 Å². The number of rotatable bonds is 3. The Labute approximate surface area is 101 Å². The summed E-state index contributed by atoms with van der Waals surface area (Å²) in [5, 5.41) is 12.7. The molecule has 0 aromatic heterocycles. The van der Waals surface area contributed by atoms with E-state index in [0.717, 1.165) is 12.8 Å². The molecule has 2 rings (SSSR count). The Morgan fingerprint density at radius 2 is 2.18 bits per heavy atom. The summed E-state index contributed by atoms with van der Waals surface area (Å²) in [7, 11) is 1.68. The zero-order chi connectivity index (χ0) is 12.4. The molecular weight excluding hydrogens is 218 g/mol. The van der Waals surface area contributed by atoms with Gasteiger partial charge in [0.1, 0.15) is 5.75 Å². The topological polar surface area (TPSA) is 58.6 Å². The molecule has 1 aliphatic rings. The van der Waals surface area contributed by atoms with Gasteiger partial charge in [0.15, 0.2) is 0 Å². The fourth-order valence-corrected chi connectivity index (χ4v) is 1.98. The van der Waals surface area contributed by atoms with Crippen molar-refractivity contribution in [3.63, 3.8) is 0 Å². The SMILES string of the molecule is COC1CC(NC(=O)c2cccc(C)c2O)C1. The highest BCUT2D eigenvalue weighted by Gasteiger charge is 2.30. The van der Waals surface area contributed by atoms with Crippen LogP contribution in [0.15, 0.2) is 18.2 Å². The summed E-state index contributed by atoms with van der Waals surface area (Å²) < 4.78 is 5.15. The molecule has 0 saturated heterocycles.